The molecule has 0 radical (unpaired) electrons. The van der Waals surface area contributed by atoms with E-state index in [0.29, 0.717) is 13.2 Å². The molecule has 0 spiro atoms. The molecule has 6 nitrogen and oxygen atoms in total. The van der Waals surface area contributed by atoms with Crippen molar-refractivity contribution in [2.45, 2.75) is 51.2 Å². The number of nitrogens with zero attached hydrogens (tertiary/aromatic N) is 1. The van der Waals surface area contributed by atoms with Gasteiger partial charge in [-0.25, -0.2) is 4.79 Å². The van der Waals surface area contributed by atoms with E-state index in [4.69, 9.17) is 18.9 Å². The Balaban J connectivity index is 1.78. The quantitative estimate of drug-likeness (QED) is 0.442. The number of esters is 1. The molecule has 31 heavy (non-hydrogen) atoms. The van der Waals surface area contributed by atoms with Gasteiger partial charge in [-0.1, -0.05) is 12.1 Å². The highest BCUT2D eigenvalue weighted by molar-refractivity contribution is 8.00. The minimum absolute atomic E-state index is 0.0664. The van der Waals surface area contributed by atoms with E-state index in [-0.39, 0.29) is 18.6 Å². The number of methoxy groups -OCH3 is 1. The summed E-state index contributed by atoms with van der Waals surface area (Å²) in [6.45, 7) is 10.4. The average molecular weight is 446 g/mol. The van der Waals surface area contributed by atoms with Gasteiger partial charge in [-0.3, -0.25) is 4.31 Å². The predicted octanol–water partition coefficient (Wildman–Crippen LogP) is 4.95. The highest BCUT2D eigenvalue weighted by Gasteiger charge is 2.30. The summed E-state index contributed by atoms with van der Waals surface area (Å²) in [4.78, 5) is 13.2. The van der Waals surface area contributed by atoms with E-state index in [1.165, 1.54) is 0 Å². The molecule has 0 N–H and O–H groups in total. The van der Waals surface area contributed by atoms with Gasteiger partial charge in [-0.2, -0.15) is 0 Å². The van der Waals surface area contributed by atoms with Gasteiger partial charge in [-0.05, 0) is 82.0 Å². The van der Waals surface area contributed by atoms with E-state index in [1.807, 2.05) is 57.2 Å². The molecule has 168 valence electrons. The van der Waals surface area contributed by atoms with Crippen LogP contribution in [-0.4, -0.2) is 44.5 Å². The van der Waals surface area contributed by atoms with Crippen LogP contribution in [0.1, 0.15) is 31.9 Å². The van der Waals surface area contributed by atoms with Gasteiger partial charge in [0, 0.05) is 4.90 Å². The van der Waals surface area contributed by atoms with Crippen molar-refractivity contribution in [3.05, 3.63) is 47.5 Å². The van der Waals surface area contributed by atoms with Crippen molar-refractivity contribution in [2.24, 2.45) is 0 Å². The molecule has 7 heteroatoms. The zero-order valence-corrected chi connectivity index (χ0v) is 19.9. The molecule has 1 heterocycles. The molecule has 1 atom stereocenters. The average Bonchev–Trinajstić information content (AvgIpc) is 2.70. The Morgan fingerprint density at radius 3 is 2.52 bits per heavy atom. The molecule has 0 amide bonds. The molecule has 1 unspecified atom stereocenters. The van der Waals surface area contributed by atoms with Crippen LogP contribution in [0.4, 0.5) is 5.69 Å². The SMILES string of the molecule is COc1cc(C)c(SN2c3ccccc3OCC2COCC(=O)OC(C)(C)C)c(C)c1. The number of rotatable bonds is 7. The van der Waals surface area contributed by atoms with E-state index in [2.05, 4.69) is 18.2 Å². The van der Waals surface area contributed by atoms with Crippen molar-refractivity contribution in [1.82, 2.24) is 0 Å². The van der Waals surface area contributed by atoms with Gasteiger partial charge in [0.25, 0.3) is 0 Å². The minimum atomic E-state index is -0.529. The number of para-hydroxylation sites is 2. The molecule has 0 saturated carbocycles. The lowest BCUT2D eigenvalue weighted by molar-refractivity contribution is -0.160. The van der Waals surface area contributed by atoms with Crippen LogP contribution in [-0.2, 0) is 14.3 Å². The number of anilines is 1. The zero-order chi connectivity index (χ0) is 22.6. The summed E-state index contributed by atoms with van der Waals surface area (Å²) in [5.74, 6) is 1.31. The monoisotopic (exact) mass is 445 g/mol. The Morgan fingerprint density at radius 2 is 1.87 bits per heavy atom. The first-order chi connectivity index (χ1) is 14.7. The fourth-order valence-corrected chi connectivity index (χ4v) is 4.49. The lowest BCUT2D eigenvalue weighted by atomic mass is 10.1. The standard InChI is InChI=1S/C24H31NO5S/c1-16-11-19(27-6)12-17(2)23(16)31-25-18(13-28-15-22(26)30-24(3,4)5)14-29-21-10-8-7-9-20(21)25/h7-12,18H,13-15H2,1-6H3. The summed E-state index contributed by atoms with van der Waals surface area (Å²) in [6.07, 6.45) is 0. The maximum absolute atomic E-state index is 12.0. The van der Waals surface area contributed by atoms with Gasteiger partial charge in [-0.15, -0.1) is 0 Å². The molecule has 3 rings (SSSR count). The number of fused-ring (bicyclic) bond motifs is 1. The largest absolute Gasteiger partial charge is 0.497 e. The predicted molar refractivity (Wildman–Crippen MR) is 123 cm³/mol. The van der Waals surface area contributed by atoms with Crippen molar-refractivity contribution in [3.63, 3.8) is 0 Å². The molecule has 0 saturated heterocycles. The first-order valence-corrected chi connectivity index (χ1v) is 11.1. The molecule has 2 aromatic rings. The van der Waals surface area contributed by atoms with Crippen LogP contribution >= 0.6 is 11.9 Å². The number of carbonyl (C=O) groups excluding carboxylic acids is 1. The third-order valence-corrected chi connectivity index (χ3v) is 6.19. The Labute approximate surface area is 188 Å². The number of benzene rings is 2. The molecular weight excluding hydrogens is 414 g/mol. The fraction of sp³-hybridized carbons (Fsp3) is 0.458. The smallest absolute Gasteiger partial charge is 0.332 e. The van der Waals surface area contributed by atoms with Crippen LogP contribution in [0.3, 0.4) is 0 Å². The second kappa shape index (κ2) is 9.83. The summed E-state index contributed by atoms with van der Waals surface area (Å²) in [6, 6.07) is 12.0. The number of aryl methyl sites for hydroxylation is 2. The van der Waals surface area contributed by atoms with Crippen LogP contribution in [0.5, 0.6) is 11.5 Å². The fourth-order valence-electron chi connectivity index (χ4n) is 3.37. The number of hydrogen-bond donors (Lipinski definition) is 0. The van der Waals surface area contributed by atoms with Crippen molar-refractivity contribution in [1.29, 1.82) is 0 Å². The molecule has 0 bridgehead atoms. The maximum Gasteiger partial charge on any atom is 0.332 e. The van der Waals surface area contributed by atoms with Gasteiger partial charge in [0.1, 0.15) is 30.3 Å². The molecule has 1 aliphatic heterocycles. The van der Waals surface area contributed by atoms with Gasteiger partial charge in [0.15, 0.2) is 0 Å². The van der Waals surface area contributed by atoms with Crippen LogP contribution in [0, 0.1) is 13.8 Å². The Kier molecular flexibility index (Phi) is 7.38. The Morgan fingerprint density at radius 1 is 1.19 bits per heavy atom. The third-order valence-electron chi connectivity index (χ3n) is 4.67. The summed E-state index contributed by atoms with van der Waals surface area (Å²) in [7, 11) is 1.68. The normalized spacial score (nSPS) is 15.8. The minimum Gasteiger partial charge on any atom is -0.497 e. The molecule has 0 fully saturated rings. The van der Waals surface area contributed by atoms with E-state index < -0.39 is 5.60 Å². The van der Waals surface area contributed by atoms with Gasteiger partial charge < -0.3 is 18.9 Å². The highest BCUT2D eigenvalue weighted by Crippen LogP contribution is 2.42. The summed E-state index contributed by atoms with van der Waals surface area (Å²) >= 11 is 1.66. The molecule has 1 aliphatic rings. The van der Waals surface area contributed by atoms with Crippen LogP contribution in [0.2, 0.25) is 0 Å². The Bertz CT molecular complexity index is 901. The molecule has 0 aromatic heterocycles. The lowest BCUT2D eigenvalue weighted by Gasteiger charge is -2.37. The summed E-state index contributed by atoms with van der Waals surface area (Å²) in [5, 5.41) is 0. The summed E-state index contributed by atoms with van der Waals surface area (Å²) < 4.78 is 24.7. The first-order valence-electron chi connectivity index (χ1n) is 10.3. The first kappa shape index (κ1) is 23.3. The zero-order valence-electron chi connectivity index (χ0n) is 19.1. The maximum atomic E-state index is 12.0. The number of carbonyl (C=O) groups is 1. The molecule has 2 aromatic carbocycles. The topological polar surface area (TPSA) is 57.2 Å². The molecule has 0 aliphatic carbocycles. The van der Waals surface area contributed by atoms with Crippen LogP contribution in [0.15, 0.2) is 41.3 Å². The van der Waals surface area contributed by atoms with Crippen LogP contribution in [0.25, 0.3) is 0 Å². The van der Waals surface area contributed by atoms with Crippen molar-refractivity contribution in [2.75, 3.05) is 31.2 Å². The second-order valence-electron chi connectivity index (χ2n) is 8.54. The van der Waals surface area contributed by atoms with E-state index in [0.717, 1.165) is 33.2 Å². The van der Waals surface area contributed by atoms with Crippen molar-refractivity contribution >= 4 is 23.6 Å². The van der Waals surface area contributed by atoms with Crippen molar-refractivity contribution in [3.8, 4) is 11.5 Å². The van der Waals surface area contributed by atoms with Crippen LogP contribution < -0.4 is 13.8 Å². The van der Waals surface area contributed by atoms with E-state index in [9.17, 15) is 4.79 Å². The van der Waals surface area contributed by atoms with Gasteiger partial charge in [0.05, 0.1) is 25.4 Å². The molecular formula is C24H31NO5S. The number of hydrogen-bond acceptors (Lipinski definition) is 7. The second-order valence-corrected chi connectivity index (χ2v) is 9.53. The van der Waals surface area contributed by atoms with E-state index in [1.54, 1.807) is 19.1 Å². The lowest BCUT2D eigenvalue weighted by Crippen LogP contribution is -2.42. The van der Waals surface area contributed by atoms with Gasteiger partial charge >= 0.3 is 5.97 Å². The van der Waals surface area contributed by atoms with Gasteiger partial charge in [0.2, 0.25) is 0 Å². The van der Waals surface area contributed by atoms with E-state index >= 15 is 0 Å². The third kappa shape index (κ3) is 6.08. The number of ether oxygens (including phenoxy) is 4. The summed E-state index contributed by atoms with van der Waals surface area (Å²) in [5.41, 5.74) is 2.73. The highest BCUT2D eigenvalue weighted by atomic mass is 32.2. The Hall–Kier alpha value is -2.38. The van der Waals surface area contributed by atoms with Crippen molar-refractivity contribution < 1.29 is 23.7 Å².